The quantitative estimate of drug-likeness (QED) is 0.796. The number of hydrogen-bond donors (Lipinski definition) is 2. The van der Waals surface area contributed by atoms with Gasteiger partial charge in [-0.3, -0.25) is 9.59 Å². The van der Waals surface area contributed by atoms with Crippen molar-refractivity contribution in [3.63, 3.8) is 0 Å². The molecule has 108 valence electrons. The molecule has 5 nitrogen and oxygen atoms in total. The van der Waals surface area contributed by atoms with E-state index in [-0.39, 0.29) is 17.7 Å². The normalized spacial score (nSPS) is 18.7. The third-order valence-corrected chi connectivity index (χ3v) is 3.88. The molecule has 1 unspecified atom stereocenters. The molecule has 1 aliphatic rings. The van der Waals surface area contributed by atoms with E-state index in [1.54, 1.807) is 18.0 Å². The van der Waals surface area contributed by atoms with Crippen molar-refractivity contribution in [1.29, 1.82) is 0 Å². The molecule has 20 heavy (non-hydrogen) atoms. The van der Waals surface area contributed by atoms with Gasteiger partial charge in [0.05, 0.1) is 11.5 Å². The van der Waals surface area contributed by atoms with Crippen LogP contribution in [0.25, 0.3) is 0 Å². The van der Waals surface area contributed by atoms with Gasteiger partial charge >= 0.3 is 0 Å². The van der Waals surface area contributed by atoms with Crippen LogP contribution in [0, 0.1) is 12.8 Å². The number of nitrogens with one attached hydrogen (secondary N) is 1. The SMILES string of the molecule is CNC(=O)C1CCCN(C(=O)c2cccc(C)c2N)C1. The number of carbonyl (C=O) groups excluding carboxylic acids is 2. The summed E-state index contributed by atoms with van der Waals surface area (Å²) in [6.07, 6.45) is 1.67. The number of benzene rings is 1. The molecule has 2 rings (SSSR count). The Kier molecular flexibility index (Phi) is 4.27. The van der Waals surface area contributed by atoms with Gasteiger partial charge < -0.3 is 16.0 Å². The van der Waals surface area contributed by atoms with Gasteiger partial charge in [-0.25, -0.2) is 0 Å². The minimum Gasteiger partial charge on any atom is -0.398 e. The van der Waals surface area contributed by atoms with Crippen LogP contribution in [-0.2, 0) is 4.79 Å². The van der Waals surface area contributed by atoms with Crippen LogP contribution in [0.4, 0.5) is 5.69 Å². The fourth-order valence-electron chi connectivity index (χ4n) is 2.62. The first kappa shape index (κ1) is 14.4. The standard InChI is InChI=1S/C15H21N3O2/c1-10-5-3-7-12(13(10)16)15(20)18-8-4-6-11(9-18)14(19)17-2/h3,5,7,11H,4,6,8-9,16H2,1-2H3,(H,17,19). The van der Waals surface area contributed by atoms with E-state index < -0.39 is 0 Å². The number of nitrogens with two attached hydrogens (primary N) is 1. The molecule has 5 heteroatoms. The van der Waals surface area contributed by atoms with E-state index in [2.05, 4.69) is 5.32 Å². The van der Waals surface area contributed by atoms with E-state index in [4.69, 9.17) is 5.73 Å². The first-order valence-electron chi connectivity index (χ1n) is 6.90. The van der Waals surface area contributed by atoms with Crippen molar-refractivity contribution in [2.75, 3.05) is 25.9 Å². The summed E-state index contributed by atoms with van der Waals surface area (Å²) in [5.74, 6) is -0.205. The number of likely N-dealkylation sites (tertiary alicyclic amines) is 1. The predicted molar refractivity (Wildman–Crippen MR) is 78.3 cm³/mol. The third kappa shape index (κ3) is 2.76. The highest BCUT2D eigenvalue weighted by atomic mass is 16.2. The van der Waals surface area contributed by atoms with Crippen molar-refractivity contribution in [2.24, 2.45) is 5.92 Å². The number of anilines is 1. The first-order valence-corrected chi connectivity index (χ1v) is 6.90. The molecule has 1 fully saturated rings. The molecule has 1 aliphatic heterocycles. The molecule has 1 saturated heterocycles. The minimum absolute atomic E-state index is 0.000265. The molecule has 1 aromatic carbocycles. The van der Waals surface area contributed by atoms with Gasteiger partial charge in [0.25, 0.3) is 5.91 Å². The zero-order chi connectivity index (χ0) is 14.7. The zero-order valence-electron chi connectivity index (χ0n) is 12.0. The van der Waals surface area contributed by atoms with Crippen LogP contribution >= 0.6 is 0 Å². The van der Waals surface area contributed by atoms with Crippen LogP contribution < -0.4 is 11.1 Å². The maximum absolute atomic E-state index is 12.5. The lowest BCUT2D eigenvalue weighted by Crippen LogP contribution is -2.45. The van der Waals surface area contributed by atoms with Crippen molar-refractivity contribution in [1.82, 2.24) is 10.2 Å². The van der Waals surface area contributed by atoms with Crippen molar-refractivity contribution in [3.05, 3.63) is 29.3 Å². The van der Waals surface area contributed by atoms with Gasteiger partial charge in [0.1, 0.15) is 0 Å². The number of nitrogens with zero attached hydrogens (tertiary/aromatic N) is 1. The maximum atomic E-state index is 12.5. The second kappa shape index (κ2) is 5.94. The molecule has 1 atom stereocenters. The summed E-state index contributed by atoms with van der Waals surface area (Å²) >= 11 is 0. The Morgan fingerprint density at radius 1 is 1.40 bits per heavy atom. The average molecular weight is 275 g/mol. The molecule has 0 aliphatic carbocycles. The van der Waals surface area contributed by atoms with E-state index >= 15 is 0 Å². The fraction of sp³-hybridized carbons (Fsp3) is 0.467. The second-order valence-electron chi connectivity index (χ2n) is 5.24. The van der Waals surface area contributed by atoms with Gasteiger partial charge in [-0.1, -0.05) is 12.1 Å². The highest BCUT2D eigenvalue weighted by Gasteiger charge is 2.29. The molecule has 0 aromatic heterocycles. The number of amides is 2. The number of rotatable bonds is 2. The summed E-state index contributed by atoms with van der Waals surface area (Å²) in [7, 11) is 1.63. The Balaban J connectivity index is 2.16. The molecule has 0 bridgehead atoms. The Hall–Kier alpha value is -2.04. The first-order chi connectivity index (χ1) is 9.54. The largest absolute Gasteiger partial charge is 0.398 e. The fourth-order valence-corrected chi connectivity index (χ4v) is 2.62. The summed E-state index contributed by atoms with van der Waals surface area (Å²) in [6, 6.07) is 5.46. The highest BCUT2D eigenvalue weighted by Crippen LogP contribution is 2.22. The lowest BCUT2D eigenvalue weighted by Gasteiger charge is -2.32. The summed E-state index contributed by atoms with van der Waals surface area (Å²) in [4.78, 5) is 26.0. The van der Waals surface area contributed by atoms with Gasteiger partial charge in [-0.2, -0.15) is 0 Å². The van der Waals surface area contributed by atoms with Crippen LogP contribution in [0.15, 0.2) is 18.2 Å². The van der Waals surface area contributed by atoms with Crippen molar-refractivity contribution in [3.8, 4) is 0 Å². The molecular formula is C15H21N3O2. The molecule has 2 amide bonds. The summed E-state index contributed by atoms with van der Waals surface area (Å²) < 4.78 is 0. The van der Waals surface area contributed by atoms with Gasteiger partial charge in [-0.05, 0) is 31.4 Å². The van der Waals surface area contributed by atoms with Gasteiger partial charge in [0, 0.05) is 25.8 Å². The number of nitrogen functional groups attached to an aromatic ring is 1. The van der Waals surface area contributed by atoms with E-state index in [1.165, 1.54) is 0 Å². The molecule has 1 heterocycles. The number of carbonyl (C=O) groups is 2. The van der Waals surface area contributed by atoms with Crippen molar-refractivity contribution >= 4 is 17.5 Å². The molecule has 3 N–H and O–H groups in total. The number of para-hydroxylation sites is 1. The number of piperidine rings is 1. The van der Waals surface area contributed by atoms with Crippen LogP contribution in [-0.4, -0.2) is 36.9 Å². The molecule has 0 radical (unpaired) electrons. The Morgan fingerprint density at radius 3 is 2.85 bits per heavy atom. The lowest BCUT2D eigenvalue weighted by molar-refractivity contribution is -0.125. The van der Waals surface area contributed by atoms with Gasteiger partial charge in [-0.15, -0.1) is 0 Å². The Bertz CT molecular complexity index is 528. The number of aryl methyl sites for hydroxylation is 1. The predicted octanol–water partition coefficient (Wildman–Crippen LogP) is 1.18. The number of hydrogen-bond acceptors (Lipinski definition) is 3. The van der Waals surface area contributed by atoms with E-state index in [0.717, 1.165) is 18.4 Å². The minimum atomic E-state index is -0.122. The van der Waals surface area contributed by atoms with E-state index in [0.29, 0.717) is 24.3 Å². The lowest BCUT2D eigenvalue weighted by atomic mass is 9.96. The topological polar surface area (TPSA) is 75.4 Å². The Labute approximate surface area is 119 Å². The smallest absolute Gasteiger partial charge is 0.255 e. The zero-order valence-corrected chi connectivity index (χ0v) is 12.0. The van der Waals surface area contributed by atoms with E-state index in [9.17, 15) is 9.59 Å². The van der Waals surface area contributed by atoms with Gasteiger partial charge in [0.2, 0.25) is 5.91 Å². The highest BCUT2D eigenvalue weighted by molar-refractivity contribution is 6.00. The Morgan fingerprint density at radius 2 is 2.15 bits per heavy atom. The summed E-state index contributed by atoms with van der Waals surface area (Å²) in [5, 5.41) is 2.65. The molecule has 0 spiro atoms. The van der Waals surface area contributed by atoms with Crippen molar-refractivity contribution < 1.29 is 9.59 Å². The van der Waals surface area contributed by atoms with E-state index in [1.807, 2.05) is 19.1 Å². The summed E-state index contributed by atoms with van der Waals surface area (Å²) in [5.41, 5.74) is 7.94. The molecular weight excluding hydrogens is 254 g/mol. The average Bonchev–Trinajstić information content (AvgIpc) is 2.48. The second-order valence-corrected chi connectivity index (χ2v) is 5.24. The third-order valence-electron chi connectivity index (χ3n) is 3.88. The monoisotopic (exact) mass is 275 g/mol. The van der Waals surface area contributed by atoms with Gasteiger partial charge in [0.15, 0.2) is 0 Å². The van der Waals surface area contributed by atoms with Crippen molar-refractivity contribution in [2.45, 2.75) is 19.8 Å². The summed E-state index contributed by atoms with van der Waals surface area (Å²) in [6.45, 7) is 3.03. The molecule has 0 saturated carbocycles. The van der Waals surface area contributed by atoms with Crippen LogP contribution in [0.1, 0.15) is 28.8 Å². The van der Waals surface area contributed by atoms with Crippen LogP contribution in [0.3, 0.4) is 0 Å². The molecule has 1 aromatic rings. The maximum Gasteiger partial charge on any atom is 0.255 e. The van der Waals surface area contributed by atoms with Crippen LogP contribution in [0.2, 0.25) is 0 Å². The van der Waals surface area contributed by atoms with Crippen LogP contribution in [0.5, 0.6) is 0 Å².